The van der Waals surface area contributed by atoms with Crippen molar-refractivity contribution in [3.8, 4) is 0 Å². The van der Waals surface area contributed by atoms with Gasteiger partial charge in [0.05, 0.1) is 17.7 Å². The van der Waals surface area contributed by atoms with E-state index in [1.165, 1.54) is 6.33 Å². The van der Waals surface area contributed by atoms with Gasteiger partial charge in [0.2, 0.25) is 0 Å². The molecule has 0 bridgehead atoms. The molecule has 8 heteroatoms. The van der Waals surface area contributed by atoms with Gasteiger partial charge in [-0.1, -0.05) is 0 Å². The van der Waals surface area contributed by atoms with Crippen LogP contribution in [0.2, 0.25) is 0 Å². The topological polar surface area (TPSA) is 86.5 Å². The predicted molar refractivity (Wildman–Crippen MR) is 91.6 cm³/mol. The molecule has 1 fully saturated rings. The summed E-state index contributed by atoms with van der Waals surface area (Å²) in [7, 11) is 0. The average molecular weight is 338 g/mol. The number of piperazine rings is 1. The summed E-state index contributed by atoms with van der Waals surface area (Å²) in [5.74, 6) is 0.747. The van der Waals surface area contributed by atoms with Gasteiger partial charge in [-0.3, -0.25) is 4.90 Å². The molecule has 0 aromatic carbocycles. The molecule has 0 unspecified atom stereocenters. The molecule has 8 nitrogen and oxygen atoms in total. The van der Waals surface area contributed by atoms with Gasteiger partial charge in [0.1, 0.15) is 12.2 Å². The maximum atomic E-state index is 12.3. The Labute approximate surface area is 143 Å². The van der Waals surface area contributed by atoms with Crippen molar-refractivity contribution >= 4 is 6.03 Å². The van der Waals surface area contributed by atoms with Gasteiger partial charge in [-0.2, -0.15) is 5.10 Å². The van der Waals surface area contributed by atoms with Gasteiger partial charge in [0.15, 0.2) is 0 Å². The lowest BCUT2D eigenvalue weighted by molar-refractivity contribution is 0.0224. The Morgan fingerprint density at radius 3 is 2.38 bits per heavy atom. The third-order valence-corrected chi connectivity index (χ3v) is 3.92. The van der Waals surface area contributed by atoms with E-state index in [2.05, 4.69) is 41.1 Å². The van der Waals surface area contributed by atoms with Crippen molar-refractivity contribution in [3.05, 3.63) is 12.2 Å². The SMILES string of the molecule is CC(C)(O)CN1CCN(C(=O)NCc2ncnn2C(C)(C)C)CC1. The third kappa shape index (κ3) is 5.17. The van der Waals surface area contributed by atoms with Crippen LogP contribution in [-0.4, -0.2) is 74.0 Å². The smallest absolute Gasteiger partial charge is 0.317 e. The zero-order valence-electron chi connectivity index (χ0n) is 15.4. The summed E-state index contributed by atoms with van der Waals surface area (Å²) in [6.45, 7) is 13.6. The summed E-state index contributed by atoms with van der Waals surface area (Å²) in [5, 5.41) is 17.0. The molecular formula is C16H30N6O2. The summed E-state index contributed by atoms with van der Waals surface area (Å²) in [4.78, 5) is 20.6. The van der Waals surface area contributed by atoms with Crippen LogP contribution >= 0.6 is 0 Å². The fourth-order valence-electron chi connectivity index (χ4n) is 2.87. The number of aliphatic hydroxyl groups is 1. The minimum Gasteiger partial charge on any atom is -0.389 e. The largest absolute Gasteiger partial charge is 0.389 e. The van der Waals surface area contributed by atoms with Crippen LogP contribution < -0.4 is 5.32 Å². The van der Waals surface area contributed by atoms with E-state index in [1.54, 1.807) is 18.7 Å². The van der Waals surface area contributed by atoms with Crippen molar-refractivity contribution in [1.82, 2.24) is 29.9 Å². The number of nitrogens with one attached hydrogen (secondary N) is 1. The molecule has 136 valence electrons. The molecule has 0 spiro atoms. The van der Waals surface area contributed by atoms with Crippen molar-refractivity contribution < 1.29 is 9.90 Å². The summed E-state index contributed by atoms with van der Waals surface area (Å²) in [5.41, 5.74) is -0.874. The first kappa shape index (κ1) is 18.7. The Bertz CT molecular complexity index is 550. The second-order valence-corrected chi connectivity index (χ2v) is 7.99. The lowest BCUT2D eigenvalue weighted by Crippen LogP contribution is -2.54. The number of amides is 2. The zero-order chi connectivity index (χ0) is 18.0. The van der Waals surface area contributed by atoms with E-state index < -0.39 is 5.60 Å². The molecule has 1 aliphatic rings. The monoisotopic (exact) mass is 338 g/mol. The van der Waals surface area contributed by atoms with Crippen molar-refractivity contribution in [1.29, 1.82) is 0 Å². The maximum Gasteiger partial charge on any atom is 0.317 e. The quantitative estimate of drug-likeness (QED) is 0.841. The van der Waals surface area contributed by atoms with E-state index in [0.717, 1.165) is 18.9 Å². The van der Waals surface area contributed by atoms with Gasteiger partial charge in [-0.15, -0.1) is 0 Å². The normalized spacial score (nSPS) is 17.2. The van der Waals surface area contributed by atoms with Crippen LogP contribution in [0.15, 0.2) is 6.33 Å². The van der Waals surface area contributed by atoms with Crippen LogP contribution in [0.4, 0.5) is 4.79 Å². The van der Waals surface area contributed by atoms with E-state index in [4.69, 9.17) is 0 Å². The number of hydrogen-bond donors (Lipinski definition) is 2. The van der Waals surface area contributed by atoms with Crippen molar-refractivity contribution in [2.75, 3.05) is 32.7 Å². The molecule has 1 saturated heterocycles. The van der Waals surface area contributed by atoms with E-state index in [9.17, 15) is 9.90 Å². The van der Waals surface area contributed by atoms with E-state index in [-0.39, 0.29) is 11.6 Å². The Morgan fingerprint density at radius 1 is 1.21 bits per heavy atom. The first-order valence-electron chi connectivity index (χ1n) is 8.43. The molecule has 1 aromatic rings. The van der Waals surface area contributed by atoms with Crippen LogP contribution in [0.25, 0.3) is 0 Å². The molecule has 2 amide bonds. The van der Waals surface area contributed by atoms with Gasteiger partial charge in [0.25, 0.3) is 0 Å². The number of β-amino-alcohol motifs (C(OH)–C–C–N with tert-alkyl or cyclic N) is 1. The molecule has 0 radical (unpaired) electrons. The lowest BCUT2D eigenvalue weighted by atomic mass is 10.1. The molecule has 24 heavy (non-hydrogen) atoms. The third-order valence-electron chi connectivity index (χ3n) is 3.92. The molecule has 1 aromatic heterocycles. The summed E-state index contributed by atoms with van der Waals surface area (Å²) in [6.07, 6.45) is 1.52. The fraction of sp³-hybridized carbons (Fsp3) is 0.812. The van der Waals surface area contributed by atoms with Gasteiger partial charge >= 0.3 is 6.03 Å². The summed E-state index contributed by atoms with van der Waals surface area (Å²) in [6, 6.07) is -0.0821. The highest BCUT2D eigenvalue weighted by molar-refractivity contribution is 5.74. The standard InChI is InChI=1S/C16H30N6O2/c1-15(2,3)22-13(18-12-19-22)10-17-14(23)21-8-6-20(7-9-21)11-16(4,5)24/h12,24H,6-11H2,1-5H3,(H,17,23). The maximum absolute atomic E-state index is 12.3. The molecule has 0 aliphatic carbocycles. The Kier molecular flexibility index (Phi) is 5.49. The number of rotatable bonds is 4. The van der Waals surface area contributed by atoms with Crippen LogP contribution in [0.3, 0.4) is 0 Å². The number of aromatic nitrogens is 3. The molecule has 1 aliphatic heterocycles. The highest BCUT2D eigenvalue weighted by atomic mass is 16.3. The van der Waals surface area contributed by atoms with E-state index in [1.807, 2.05) is 4.68 Å². The molecular weight excluding hydrogens is 308 g/mol. The molecule has 2 N–H and O–H groups in total. The van der Waals surface area contributed by atoms with E-state index >= 15 is 0 Å². The first-order chi connectivity index (χ1) is 11.1. The Morgan fingerprint density at radius 2 is 1.83 bits per heavy atom. The van der Waals surface area contributed by atoms with Crippen LogP contribution in [0.5, 0.6) is 0 Å². The van der Waals surface area contributed by atoms with Crippen LogP contribution in [0.1, 0.15) is 40.4 Å². The first-order valence-corrected chi connectivity index (χ1v) is 8.43. The molecule has 0 atom stereocenters. The van der Waals surface area contributed by atoms with Crippen molar-refractivity contribution in [2.24, 2.45) is 0 Å². The highest BCUT2D eigenvalue weighted by Crippen LogP contribution is 2.14. The number of hydrogen-bond acceptors (Lipinski definition) is 5. The summed E-state index contributed by atoms with van der Waals surface area (Å²) < 4.78 is 1.83. The Hall–Kier alpha value is -1.67. The highest BCUT2D eigenvalue weighted by Gasteiger charge is 2.25. The van der Waals surface area contributed by atoms with Gasteiger partial charge in [0, 0.05) is 32.7 Å². The van der Waals surface area contributed by atoms with Crippen LogP contribution in [-0.2, 0) is 12.1 Å². The number of carbonyl (C=O) groups is 1. The zero-order valence-corrected chi connectivity index (χ0v) is 15.4. The van der Waals surface area contributed by atoms with E-state index in [0.29, 0.717) is 26.2 Å². The minimum absolute atomic E-state index is 0.0821. The average Bonchev–Trinajstić information content (AvgIpc) is 2.92. The van der Waals surface area contributed by atoms with Crippen LogP contribution in [0, 0.1) is 0 Å². The van der Waals surface area contributed by atoms with Crippen molar-refractivity contribution in [3.63, 3.8) is 0 Å². The predicted octanol–water partition coefficient (Wildman–Crippen LogP) is 0.631. The minimum atomic E-state index is -0.707. The Balaban J connectivity index is 1.82. The number of carbonyl (C=O) groups excluding carboxylic acids is 1. The van der Waals surface area contributed by atoms with Gasteiger partial charge in [-0.25, -0.2) is 14.5 Å². The van der Waals surface area contributed by atoms with Gasteiger partial charge < -0.3 is 15.3 Å². The summed E-state index contributed by atoms with van der Waals surface area (Å²) >= 11 is 0. The molecule has 0 saturated carbocycles. The van der Waals surface area contributed by atoms with Gasteiger partial charge in [-0.05, 0) is 34.6 Å². The van der Waals surface area contributed by atoms with Crippen molar-refractivity contribution in [2.45, 2.75) is 52.3 Å². The fourth-order valence-corrected chi connectivity index (χ4v) is 2.87. The second-order valence-electron chi connectivity index (χ2n) is 7.99. The number of nitrogens with zero attached hydrogens (tertiary/aromatic N) is 5. The molecule has 2 rings (SSSR count). The lowest BCUT2D eigenvalue weighted by Gasteiger charge is -2.37. The molecule has 2 heterocycles. The second kappa shape index (κ2) is 7.06. The number of urea groups is 1.